The third-order valence-electron chi connectivity index (χ3n) is 2.97. The van der Waals surface area contributed by atoms with Crippen molar-refractivity contribution in [1.29, 1.82) is 0 Å². The SMILES string of the molecule is COc1ncc(C2(C)CCC(O)C2)s1. The molecule has 78 valence electrons. The molecule has 0 saturated heterocycles. The first-order valence-electron chi connectivity index (χ1n) is 4.82. The summed E-state index contributed by atoms with van der Waals surface area (Å²) in [5.74, 6) is 0. The number of hydrogen-bond acceptors (Lipinski definition) is 4. The van der Waals surface area contributed by atoms with Crippen molar-refractivity contribution in [3.05, 3.63) is 11.1 Å². The van der Waals surface area contributed by atoms with E-state index in [1.807, 2.05) is 6.20 Å². The molecule has 0 radical (unpaired) electrons. The van der Waals surface area contributed by atoms with Gasteiger partial charge in [0, 0.05) is 16.5 Å². The van der Waals surface area contributed by atoms with E-state index in [1.54, 1.807) is 18.4 Å². The van der Waals surface area contributed by atoms with Crippen molar-refractivity contribution in [2.75, 3.05) is 7.11 Å². The van der Waals surface area contributed by atoms with Gasteiger partial charge in [-0.2, -0.15) is 0 Å². The van der Waals surface area contributed by atoms with E-state index >= 15 is 0 Å². The average molecular weight is 213 g/mol. The molecule has 2 unspecified atom stereocenters. The number of hydrogen-bond donors (Lipinski definition) is 1. The molecule has 2 atom stereocenters. The molecule has 1 aliphatic rings. The van der Waals surface area contributed by atoms with Gasteiger partial charge in [0.25, 0.3) is 5.19 Å². The van der Waals surface area contributed by atoms with Crippen molar-refractivity contribution in [3.63, 3.8) is 0 Å². The normalized spacial score (nSPS) is 32.1. The summed E-state index contributed by atoms with van der Waals surface area (Å²) in [7, 11) is 1.63. The smallest absolute Gasteiger partial charge is 0.273 e. The van der Waals surface area contributed by atoms with Crippen LogP contribution in [0.5, 0.6) is 5.19 Å². The van der Waals surface area contributed by atoms with Gasteiger partial charge in [-0.15, -0.1) is 0 Å². The molecule has 1 saturated carbocycles. The van der Waals surface area contributed by atoms with Gasteiger partial charge >= 0.3 is 0 Å². The Labute approximate surface area is 87.7 Å². The molecule has 0 spiro atoms. The Morgan fingerprint density at radius 2 is 2.50 bits per heavy atom. The summed E-state index contributed by atoms with van der Waals surface area (Å²) in [5, 5.41) is 10.3. The second kappa shape index (κ2) is 3.51. The van der Waals surface area contributed by atoms with Gasteiger partial charge < -0.3 is 9.84 Å². The van der Waals surface area contributed by atoms with Crippen LogP contribution in [0.15, 0.2) is 6.20 Å². The van der Waals surface area contributed by atoms with Gasteiger partial charge in [0.05, 0.1) is 13.2 Å². The van der Waals surface area contributed by atoms with Gasteiger partial charge in [-0.25, -0.2) is 4.98 Å². The maximum absolute atomic E-state index is 9.54. The first kappa shape index (κ1) is 9.93. The second-order valence-corrected chi connectivity index (χ2v) is 5.15. The van der Waals surface area contributed by atoms with Crippen molar-refractivity contribution in [1.82, 2.24) is 4.98 Å². The number of aliphatic hydroxyl groups excluding tert-OH is 1. The molecule has 1 N–H and O–H groups in total. The summed E-state index contributed by atoms with van der Waals surface area (Å²) in [6, 6.07) is 0. The van der Waals surface area contributed by atoms with Gasteiger partial charge in [0.1, 0.15) is 0 Å². The lowest BCUT2D eigenvalue weighted by molar-refractivity contribution is 0.175. The number of aromatic nitrogens is 1. The Hall–Kier alpha value is -0.610. The fourth-order valence-corrected chi connectivity index (χ4v) is 2.98. The predicted molar refractivity (Wildman–Crippen MR) is 55.9 cm³/mol. The molecule has 2 rings (SSSR count). The topological polar surface area (TPSA) is 42.4 Å². The zero-order chi connectivity index (χ0) is 10.2. The Morgan fingerprint density at radius 3 is 3.00 bits per heavy atom. The molecule has 1 aromatic heterocycles. The number of thiazole rings is 1. The molecular weight excluding hydrogens is 198 g/mol. The van der Waals surface area contributed by atoms with Crippen LogP contribution in [0, 0.1) is 0 Å². The van der Waals surface area contributed by atoms with Crippen molar-refractivity contribution in [3.8, 4) is 5.19 Å². The summed E-state index contributed by atoms with van der Waals surface area (Å²) >= 11 is 1.59. The predicted octanol–water partition coefficient (Wildman–Crippen LogP) is 1.95. The number of methoxy groups -OCH3 is 1. The Morgan fingerprint density at radius 1 is 1.71 bits per heavy atom. The van der Waals surface area contributed by atoms with Crippen LogP contribution >= 0.6 is 11.3 Å². The van der Waals surface area contributed by atoms with Crippen molar-refractivity contribution in [2.45, 2.75) is 37.7 Å². The lowest BCUT2D eigenvalue weighted by atomic mass is 9.87. The molecule has 0 aromatic carbocycles. The lowest BCUT2D eigenvalue weighted by Gasteiger charge is -2.20. The monoisotopic (exact) mass is 213 g/mol. The maximum Gasteiger partial charge on any atom is 0.273 e. The van der Waals surface area contributed by atoms with Crippen LogP contribution in [-0.4, -0.2) is 23.3 Å². The van der Waals surface area contributed by atoms with E-state index in [2.05, 4.69) is 11.9 Å². The minimum Gasteiger partial charge on any atom is -0.473 e. The molecule has 1 aromatic rings. The third kappa shape index (κ3) is 1.64. The number of rotatable bonds is 2. The highest BCUT2D eigenvalue weighted by molar-refractivity contribution is 7.13. The zero-order valence-corrected chi connectivity index (χ0v) is 9.30. The molecule has 14 heavy (non-hydrogen) atoms. The zero-order valence-electron chi connectivity index (χ0n) is 8.49. The lowest BCUT2D eigenvalue weighted by Crippen LogP contribution is -2.16. The Bertz CT molecular complexity index is 326. The van der Waals surface area contributed by atoms with E-state index in [1.165, 1.54) is 4.88 Å². The van der Waals surface area contributed by atoms with E-state index in [0.717, 1.165) is 19.3 Å². The van der Waals surface area contributed by atoms with Crippen LogP contribution in [0.25, 0.3) is 0 Å². The van der Waals surface area contributed by atoms with Crippen LogP contribution in [0.1, 0.15) is 31.1 Å². The number of nitrogens with zero attached hydrogens (tertiary/aromatic N) is 1. The summed E-state index contributed by atoms with van der Waals surface area (Å²) in [6.45, 7) is 2.19. The highest BCUT2D eigenvalue weighted by Gasteiger charge is 2.37. The van der Waals surface area contributed by atoms with Crippen molar-refractivity contribution >= 4 is 11.3 Å². The minimum atomic E-state index is -0.145. The second-order valence-electron chi connectivity index (χ2n) is 4.15. The van der Waals surface area contributed by atoms with Crippen molar-refractivity contribution < 1.29 is 9.84 Å². The molecule has 1 fully saturated rings. The van der Waals surface area contributed by atoms with E-state index in [9.17, 15) is 5.11 Å². The van der Waals surface area contributed by atoms with Crippen LogP contribution in [-0.2, 0) is 5.41 Å². The first-order chi connectivity index (χ1) is 6.64. The highest BCUT2D eigenvalue weighted by atomic mass is 32.1. The highest BCUT2D eigenvalue weighted by Crippen LogP contribution is 2.43. The quantitative estimate of drug-likeness (QED) is 0.816. The first-order valence-corrected chi connectivity index (χ1v) is 5.64. The summed E-state index contributed by atoms with van der Waals surface area (Å²) in [6.07, 6.45) is 4.52. The van der Waals surface area contributed by atoms with Crippen LogP contribution in [0.2, 0.25) is 0 Å². The van der Waals surface area contributed by atoms with Crippen LogP contribution in [0.4, 0.5) is 0 Å². The van der Waals surface area contributed by atoms with E-state index < -0.39 is 0 Å². The molecule has 1 aliphatic carbocycles. The fraction of sp³-hybridized carbons (Fsp3) is 0.700. The average Bonchev–Trinajstić information content (AvgIpc) is 2.73. The molecule has 4 heteroatoms. The summed E-state index contributed by atoms with van der Waals surface area (Å²) in [5.41, 5.74) is 0.105. The minimum absolute atomic E-state index is 0.105. The number of ether oxygens (including phenoxy) is 1. The summed E-state index contributed by atoms with van der Waals surface area (Å²) < 4.78 is 5.07. The van der Waals surface area contributed by atoms with Crippen molar-refractivity contribution in [2.24, 2.45) is 0 Å². The Kier molecular flexibility index (Phi) is 2.49. The maximum atomic E-state index is 9.54. The van der Waals surface area contributed by atoms with E-state index in [0.29, 0.717) is 5.19 Å². The van der Waals surface area contributed by atoms with E-state index in [-0.39, 0.29) is 11.5 Å². The molecule has 0 aliphatic heterocycles. The molecular formula is C10H15NO2S. The van der Waals surface area contributed by atoms with Crippen LogP contribution in [0.3, 0.4) is 0 Å². The Balaban J connectivity index is 2.21. The molecule has 0 bridgehead atoms. The van der Waals surface area contributed by atoms with Gasteiger partial charge in [0.2, 0.25) is 0 Å². The number of aliphatic hydroxyl groups is 1. The molecule has 1 heterocycles. The summed E-state index contributed by atoms with van der Waals surface area (Å²) in [4.78, 5) is 5.39. The van der Waals surface area contributed by atoms with Gasteiger partial charge in [-0.1, -0.05) is 18.3 Å². The van der Waals surface area contributed by atoms with Crippen LogP contribution < -0.4 is 4.74 Å². The molecule has 3 nitrogen and oxygen atoms in total. The molecule has 0 amide bonds. The third-order valence-corrected chi connectivity index (χ3v) is 4.23. The van der Waals surface area contributed by atoms with Gasteiger partial charge in [-0.05, 0) is 19.3 Å². The standard InChI is InChI=1S/C10H15NO2S/c1-10(4-3-7(12)5-10)8-6-11-9(13-2)14-8/h6-7,12H,3-5H2,1-2H3. The largest absolute Gasteiger partial charge is 0.473 e. The van der Waals surface area contributed by atoms with E-state index in [4.69, 9.17) is 4.74 Å². The fourth-order valence-electron chi connectivity index (χ4n) is 2.06. The van der Waals surface area contributed by atoms with Gasteiger partial charge in [-0.3, -0.25) is 0 Å². The van der Waals surface area contributed by atoms with Gasteiger partial charge in [0.15, 0.2) is 0 Å².